The first kappa shape index (κ1) is 12.9. The lowest BCUT2D eigenvalue weighted by molar-refractivity contribution is -0.137. The minimum absolute atomic E-state index is 0.123. The highest BCUT2D eigenvalue weighted by molar-refractivity contribution is 7.98. The molecule has 104 valence electrons. The molecule has 0 aliphatic carbocycles. The molecule has 3 heterocycles. The van der Waals surface area contributed by atoms with Gasteiger partial charge in [-0.15, -0.1) is 5.10 Å². The summed E-state index contributed by atoms with van der Waals surface area (Å²) < 4.78 is 7.77. The summed E-state index contributed by atoms with van der Waals surface area (Å²) in [6.45, 7) is 2.06. The summed E-state index contributed by atoms with van der Waals surface area (Å²) in [7, 11) is 0. The average molecular weight is 282 g/mol. The van der Waals surface area contributed by atoms with Gasteiger partial charge in [0.1, 0.15) is 0 Å². The summed E-state index contributed by atoms with van der Waals surface area (Å²) in [5.41, 5.74) is 1.000. The molecule has 0 unspecified atom stereocenters. The minimum atomic E-state index is 0.123. The molecule has 3 rings (SSSR count). The van der Waals surface area contributed by atoms with Gasteiger partial charge < -0.3 is 9.64 Å². The fraction of sp³-hybridized carbons (Fsp3) is 0.750. The second kappa shape index (κ2) is 5.50. The molecule has 19 heavy (non-hydrogen) atoms. The van der Waals surface area contributed by atoms with Crippen molar-refractivity contribution in [3.63, 3.8) is 0 Å². The van der Waals surface area contributed by atoms with Gasteiger partial charge in [0, 0.05) is 25.3 Å². The number of carbonyl (C=O) groups excluding carboxylic acids is 1. The molecule has 6 nitrogen and oxygen atoms in total. The van der Waals surface area contributed by atoms with E-state index in [-0.39, 0.29) is 18.1 Å². The minimum Gasteiger partial charge on any atom is -0.370 e. The van der Waals surface area contributed by atoms with Gasteiger partial charge in [-0.05, 0) is 12.7 Å². The number of hydrogen-bond donors (Lipinski definition) is 0. The third-order valence-corrected chi connectivity index (χ3v) is 4.41. The average Bonchev–Trinajstić information content (AvgIpc) is 2.93. The second-order valence-electron chi connectivity index (χ2n) is 4.96. The number of amides is 1. The molecule has 1 amide bonds. The van der Waals surface area contributed by atoms with Crippen LogP contribution in [0.1, 0.15) is 24.6 Å². The number of ether oxygens (including phenoxy) is 1. The van der Waals surface area contributed by atoms with Crippen LogP contribution >= 0.6 is 11.8 Å². The van der Waals surface area contributed by atoms with Crippen LogP contribution in [0, 0.1) is 0 Å². The lowest BCUT2D eigenvalue weighted by atomic mass is 10.00. The van der Waals surface area contributed by atoms with Gasteiger partial charge in [0.05, 0.1) is 30.6 Å². The Kier molecular flexibility index (Phi) is 3.74. The third-order valence-electron chi connectivity index (χ3n) is 3.80. The van der Waals surface area contributed by atoms with Crippen molar-refractivity contribution in [2.75, 3.05) is 25.1 Å². The Balaban J connectivity index is 1.70. The number of rotatable bonds is 3. The van der Waals surface area contributed by atoms with E-state index in [1.807, 2.05) is 15.8 Å². The molecule has 2 aliphatic heterocycles. The third kappa shape index (κ3) is 2.49. The highest BCUT2D eigenvalue weighted by Gasteiger charge is 2.37. The van der Waals surface area contributed by atoms with Crippen molar-refractivity contribution in [3.8, 4) is 0 Å². The summed E-state index contributed by atoms with van der Waals surface area (Å²) in [4.78, 5) is 14.1. The van der Waals surface area contributed by atoms with Gasteiger partial charge in [0.2, 0.25) is 5.91 Å². The number of hydrogen-bond acceptors (Lipinski definition) is 5. The zero-order valence-electron chi connectivity index (χ0n) is 11.0. The standard InChI is InChI=1S/C12H18N4O2S/c1-19-5-3-12(17)15-4-2-11-10(7-15)16-9(8-18-11)6-13-14-16/h6,10-11H,2-5,7-8H2,1H3/t10-,11+/m0/s1. The molecule has 0 spiro atoms. The van der Waals surface area contributed by atoms with Crippen LogP contribution in [-0.4, -0.2) is 57.0 Å². The van der Waals surface area contributed by atoms with Crippen molar-refractivity contribution < 1.29 is 9.53 Å². The molecular weight excluding hydrogens is 264 g/mol. The molecule has 1 fully saturated rings. The van der Waals surface area contributed by atoms with E-state index in [1.54, 1.807) is 18.0 Å². The number of likely N-dealkylation sites (tertiary alicyclic amines) is 1. The second-order valence-corrected chi connectivity index (χ2v) is 5.94. The van der Waals surface area contributed by atoms with E-state index in [1.165, 1.54) is 0 Å². The molecule has 1 aromatic heterocycles. The predicted molar refractivity (Wildman–Crippen MR) is 71.8 cm³/mol. The smallest absolute Gasteiger partial charge is 0.223 e. The van der Waals surface area contributed by atoms with Gasteiger partial charge in [0.25, 0.3) is 0 Å². The summed E-state index contributed by atoms with van der Waals surface area (Å²) in [6, 6.07) is 0.123. The molecule has 1 aromatic rings. The Bertz CT molecular complexity index is 464. The SMILES string of the molecule is CSCCC(=O)N1CC[C@H]2OCc3cnnn3[C@H]2C1. The first-order valence-corrected chi connectivity index (χ1v) is 7.96. The molecule has 0 bridgehead atoms. The van der Waals surface area contributed by atoms with Crippen LogP contribution in [0.3, 0.4) is 0 Å². The molecule has 1 saturated heterocycles. The van der Waals surface area contributed by atoms with Crippen molar-refractivity contribution in [1.29, 1.82) is 0 Å². The maximum atomic E-state index is 12.1. The molecule has 0 radical (unpaired) electrons. The van der Waals surface area contributed by atoms with Crippen LogP contribution in [0.25, 0.3) is 0 Å². The van der Waals surface area contributed by atoms with Crippen molar-refractivity contribution in [3.05, 3.63) is 11.9 Å². The number of aromatic nitrogens is 3. The molecular formula is C12H18N4O2S. The first-order valence-electron chi connectivity index (χ1n) is 6.57. The van der Waals surface area contributed by atoms with Gasteiger partial charge in [0.15, 0.2) is 0 Å². The Morgan fingerprint density at radius 1 is 1.63 bits per heavy atom. The van der Waals surface area contributed by atoms with Gasteiger partial charge in [-0.3, -0.25) is 4.79 Å². The van der Waals surface area contributed by atoms with Crippen LogP contribution < -0.4 is 0 Å². The van der Waals surface area contributed by atoms with E-state index in [2.05, 4.69) is 10.3 Å². The van der Waals surface area contributed by atoms with Crippen molar-refractivity contribution >= 4 is 17.7 Å². The fourth-order valence-corrected chi connectivity index (χ4v) is 3.13. The topological polar surface area (TPSA) is 60.3 Å². The van der Waals surface area contributed by atoms with Crippen molar-refractivity contribution in [2.45, 2.75) is 31.6 Å². The van der Waals surface area contributed by atoms with E-state index < -0.39 is 0 Å². The number of nitrogens with zero attached hydrogens (tertiary/aromatic N) is 4. The Labute approximate surface area is 116 Å². The zero-order valence-corrected chi connectivity index (χ0v) is 11.8. The van der Waals surface area contributed by atoms with Crippen LogP contribution in [-0.2, 0) is 16.1 Å². The van der Waals surface area contributed by atoms with Crippen molar-refractivity contribution in [1.82, 2.24) is 19.9 Å². The van der Waals surface area contributed by atoms with Crippen LogP contribution in [0.4, 0.5) is 0 Å². The molecule has 0 aromatic carbocycles. The molecule has 0 saturated carbocycles. The number of thioether (sulfide) groups is 1. The van der Waals surface area contributed by atoms with Crippen LogP contribution in [0.15, 0.2) is 6.20 Å². The Morgan fingerprint density at radius 3 is 3.37 bits per heavy atom. The van der Waals surface area contributed by atoms with Gasteiger partial charge in [-0.2, -0.15) is 11.8 Å². The summed E-state index contributed by atoms with van der Waals surface area (Å²) >= 11 is 1.71. The first-order chi connectivity index (χ1) is 9.29. The lowest BCUT2D eigenvalue weighted by Crippen LogP contribution is -2.50. The van der Waals surface area contributed by atoms with E-state index >= 15 is 0 Å². The number of piperidine rings is 1. The normalized spacial score (nSPS) is 25.8. The highest BCUT2D eigenvalue weighted by atomic mass is 32.2. The van der Waals surface area contributed by atoms with Crippen LogP contribution in [0.2, 0.25) is 0 Å². The maximum absolute atomic E-state index is 12.1. The van der Waals surface area contributed by atoms with E-state index in [4.69, 9.17) is 4.74 Å². The number of carbonyl (C=O) groups is 1. The molecule has 7 heteroatoms. The van der Waals surface area contributed by atoms with Gasteiger partial charge >= 0.3 is 0 Å². The number of fused-ring (bicyclic) bond motifs is 3. The van der Waals surface area contributed by atoms with E-state index in [9.17, 15) is 4.79 Å². The largest absolute Gasteiger partial charge is 0.370 e. The van der Waals surface area contributed by atoms with E-state index in [0.717, 1.165) is 24.4 Å². The molecule has 0 N–H and O–H groups in total. The monoisotopic (exact) mass is 282 g/mol. The Hall–Kier alpha value is -1.08. The predicted octanol–water partition coefficient (Wildman–Crippen LogP) is 0.703. The van der Waals surface area contributed by atoms with E-state index in [0.29, 0.717) is 19.6 Å². The highest BCUT2D eigenvalue weighted by Crippen LogP contribution is 2.30. The van der Waals surface area contributed by atoms with Crippen LogP contribution in [0.5, 0.6) is 0 Å². The summed E-state index contributed by atoms with van der Waals surface area (Å²) in [6.07, 6.45) is 5.43. The fourth-order valence-electron chi connectivity index (χ4n) is 2.75. The lowest BCUT2D eigenvalue weighted by Gasteiger charge is -2.41. The summed E-state index contributed by atoms with van der Waals surface area (Å²) in [5, 5.41) is 8.08. The van der Waals surface area contributed by atoms with Gasteiger partial charge in [-0.25, -0.2) is 4.68 Å². The van der Waals surface area contributed by atoms with Crippen molar-refractivity contribution in [2.24, 2.45) is 0 Å². The maximum Gasteiger partial charge on any atom is 0.223 e. The zero-order chi connectivity index (χ0) is 13.2. The van der Waals surface area contributed by atoms with Gasteiger partial charge in [-0.1, -0.05) is 5.21 Å². The Morgan fingerprint density at radius 2 is 2.53 bits per heavy atom. The molecule has 2 aliphatic rings. The summed E-state index contributed by atoms with van der Waals surface area (Å²) in [5.74, 6) is 1.12. The molecule has 2 atom stereocenters. The quantitative estimate of drug-likeness (QED) is 0.817.